The predicted molar refractivity (Wildman–Crippen MR) is 60.3 cm³/mol. The van der Waals surface area contributed by atoms with E-state index in [1.165, 1.54) is 30.3 Å². The van der Waals surface area contributed by atoms with Crippen LogP contribution in [0.3, 0.4) is 0 Å². The zero-order valence-electron chi connectivity index (χ0n) is 9.24. The third-order valence-corrected chi connectivity index (χ3v) is 2.13. The van der Waals surface area contributed by atoms with Gasteiger partial charge in [0.05, 0.1) is 5.57 Å². The Hall–Kier alpha value is -1.77. The molecule has 0 unspecified atom stereocenters. The Morgan fingerprint density at radius 3 is 2.25 bits per heavy atom. The van der Waals surface area contributed by atoms with Gasteiger partial charge in [-0.2, -0.15) is 0 Å². The standard InChI is InChI=1S/C13H13FO2/c1-9(2)13(16)11(8-15)7-10-3-5-12(14)6-4-10/h3-9H,1-2H3. The first-order valence-corrected chi connectivity index (χ1v) is 5.01. The maximum atomic E-state index is 12.6. The minimum absolute atomic E-state index is 0.113. The molecule has 1 aromatic rings. The van der Waals surface area contributed by atoms with Gasteiger partial charge in [0.15, 0.2) is 12.1 Å². The lowest BCUT2D eigenvalue weighted by Gasteiger charge is -2.02. The van der Waals surface area contributed by atoms with Gasteiger partial charge in [0, 0.05) is 5.92 Å². The third kappa shape index (κ3) is 3.12. The number of hydrogen-bond donors (Lipinski definition) is 0. The normalized spacial score (nSPS) is 11.6. The molecule has 0 aromatic heterocycles. The summed E-state index contributed by atoms with van der Waals surface area (Å²) in [7, 11) is 0. The Bertz CT molecular complexity index is 416. The largest absolute Gasteiger partial charge is 0.298 e. The number of allylic oxidation sites excluding steroid dienone is 1. The smallest absolute Gasteiger partial charge is 0.168 e. The highest BCUT2D eigenvalue weighted by atomic mass is 19.1. The van der Waals surface area contributed by atoms with Crippen molar-refractivity contribution in [1.82, 2.24) is 0 Å². The quantitative estimate of drug-likeness (QED) is 0.338. The summed E-state index contributed by atoms with van der Waals surface area (Å²) in [5, 5.41) is 0. The van der Waals surface area contributed by atoms with Crippen molar-refractivity contribution in [2.24, 2.45) is 5.92 Å². The van der Waals surface area contributed by atoms with Crippen molar-refractivity contribution >= 4 is 18.1 Å². The molecule has 0 saturated carbocycles. The van der Waals surface area contributed by atoms with Crippen molar-refractivity contribution in [3.63, 3.8) is 0 Å². The average molecular weight is 220 g/mol. The number of rotatable bonds is 4. The molecule has 84 valence electrons. The molecule has 0 spiro atoms. The Labute approximate surface area is 93.8 Å². The number of hydrogen-bond acceptors (Lipinski definition) is 2. The van der Waals surface area contributed by atoms with Gasteiger partial charge in [-0.1, -0.05) is 26.0 Å². The summed E-state index contributed by atoms with van der Waals surface area (Å²) >= 11 is 0. The van der Waals surface area contributed by atoms with Crippen molar-refractivity contribution in [2.75, 3.05) is 0 Å². The fraction of sp³-hybridized carbons (Fsp3) is 0.231. The van der Waals surface area contributed by atoms with E-state index in [1.54, 1.807) is 13.8 Å². The van der Waals surface area contributed by atoms with Crippen LogP contribution < -0.4 is 0 Å². The molecular formula is C13H13FO2. The van der Waals surface area contributed by atoms with E-state index in [0.29, 0.717) is 11.8 Å². The highest BCUT2D eigenvalue weighted by Crippen LogP contribution is 2.11. The molecule has 0 N–H and O–H groups in total. The van der Waals surface area contributed by atoms with E-state index in [4.69, 9.17) is 0 Å². The molecular weight excluding hydrogens is 207 g/mol. The Kier molecular flexibility index (Phi) is 4.11. The molecule has 0 aliphatic heterocycles. The number of aldehydes is 1. The van der Waals surface area contributed by atoms with Gasteiger partial charge in [0.2, 0.25) is 0 Å². The van der Waals surface area contributed by atoms with E-state index in [-0.39, 0.29) is 23.1 Å². The van der Waals surface area contributed by atoms with E-state index in [0.717, 1.165) is 0 Å². The highest BCUT2D eigenvalue weighted by molar-refractivity contribution is 6.16. The molecule has 0 heterocycles. The van der Waals surface area contributed by atoms with Gasteiger partial charge >= 0.3 is 0 Å². The summed E-state index contributed by atoms with van der Waals surface area (Å²) in [4.78, 5) is 22.3. The SMILES string of the molecule is CC(C)C(=O)C(C=O)=Cc1ccc(F)cc1. The van der Waals surface area contributed by atoms with Gasteiger partial charge in [0.1, 0.15) is 5.82 Å². The van der Waals surface area contributed by atoms with Crippen molar-refractivity contribution in [1.29, 1.82) is 0 Å². The second-order valence-corrected chi connectivity index (χ2v) is 3.79. The van der Waals surface area contributed by atoms with Crippen molar-refractivity contribution < 1.29 is 14.0 Å². The first kappa shape index (κ1) is 12.3. The van der Waals surface area contributed by atoms with Crippen LogP contribution in [0.1, 0.15) is 19.4 Å². The van der Waals surface area contributed by atoms with Crippen molar-refractivity contribution in [2.45, 2.75) is 13.8 Å². The highest BCUT2D eigenvalue weighted by Gasteiger charge is 2.12. The number of ketones is 1. The molecule has 0 saturated heterocycles. The van der Waals surface area contributed by atoms with E-state index >= 15 is 0 Å². The lowest BCUT2D eigenvalue weighted by molar-refractivity contribution is -0.119. The lowest BCUT2D eigenvalue weighted by atomic mass is 10.00. The molecule has 1 rings (SSSR count). The van der Waals surface area contributed by atoms with Crippen molar-refractivity contribution in [3.8, 4) is 0 Å². The van der Waals surface area contributed by atoms with Gasteiger partial charge in [-0.15, -0.1) is 0 Å². The molecule has 0 radical (unpaired) electrons. The fourth-order valence-corrected chi connectivity index (χ4v) is 1.24. The number of halogens is 1. The molecule has 1 aromatic carbocycles. The number of Topliss-reactive ketones (excluding diaryl/α,β-unsaturated/α-hetero) is 1. The summed E-state index contributed by atoms with van der Waals surface area (Å²) in [6.07, 6.45) is 2.00. The molecule has 16 heavy (non-hydrogen) atoms. The summed E-state index contributed by atoms with van der Waals surface area (Å²) in [6, 6.07) is 5.61. The zero-order valence-corrected chi connectivity index (χ0v) is 9.24. The van der Waals surface area contributed by atoms with Crippen LogP contribution >= 0.6 is 0 Å². The number of carbonyl (C=O) groups excluding carboxylic acids is 2. The second kappa shape index (κ2) is 5.35. The average Bonchev–Trinajstić information content (AvgIpc) is 2.27. The van der Waals surface area contributed by atoms with Gasteiger partial charge < -0.3 is 0 Å². The van der Waals surface area contributed by atoms with Crippen LogP contribution in [-0.4, -0.2) is 12.1 Å². The minimum Gasteiger partial charge on any atom is -0.298 e. The van der Waals surface area contributed by atoms with Crippen LogP contribution in [0.4, 0.5) is 4.39 Å². The fourth-order valence-electron chi connectivity index (χ4n) is 1.24. The second-order valence-electron chi connectivity index (χ2n) is 3.79. The Morgan fingerprint density at radius 1 is 1.25 bits per heavy atom. The van der Waals surface area contributed by atoms with E-state index in [2.05, 4.69) is 0 Å². The molecule has 0 atom stereocenters. The van der Waals surface area contributed by atoms with E-state index < -0.39 is 0 Å². The van der Waals surface area contributed by atoms with Crippen molar-refractivity contribution in [3.05, 3.63) is 41.2 Å². The molecule has 0 aliphatic rings. The minimum atomic E-state index is -0.347. The molecule has 2 nitrogen and oxygen atoms in total. The monoisotopic (exact) mass is 220 g/mol. The van der Waals surface area contributed by atoms with Gasteiger partial charge in [-0.3, -0.25) is 9.59 Å². The van der Waals surface area contributed by atoms with Crippen LogP contribution in [-0.2, 0) is 9.59 Å². The van der Waals surface area contributed by atoms with Crippen LogP contribution in [0, 0.1) is 11.7 Å². The number of carbonyl (C=O) groups is 2. The molecule has 0 amide bonds. The van der Waals surface area contributed by atoms with Crippen LogP contribution in [0.5, 0.6) is 0 Å². The van der Waals surface area contributed by atoms with Gasteiger partial charge in [0.25, 0.3) is 0 Å². The Balaban J connectivity index is 3.00. The molecule has 3 heteroatoms. The first-order chi connectivity index (χ1) is 7.54. The maximum absolute atomic E-state index is 12.6. The van der Waals surface area contributed by atoms with E-state index in [1.807, 2.05) is 0 Å². The zero-order chi connectivity index (χ0) is 12.1. The van der Waals surface area contributed by atoms with E-state index in [9.17, 15) is 14.0 Å². The first-order valence-electron chi connectivity index (χ1n) is 5.01. The van der Waals surface area contributed by atoms with Gasteiger partial charge in [-0.25, -0.2) is 4.39 Å². The lowest BCUT2D eigenvalue weighted by Crippen LogP contribution is -2.11. The summed E-state index contributed by atoms with van der Waals surface area (Å²) < 4.78 is 12.6. The van der Waals surface area contributed by atoms with Gasteiger partial charge in [-0.05, 0) is 23.8 Å². The molecule has 0 bridgehead atoms. The number of benzene rings is 1. The topological polar surface area (TPSA) is 34.1 Å². The van der Waals surface area contributed by atoms with Crippen LogP contribution in [0.15, 0.2) is 29.8 Å². The van der Waals surface area contributed by atoms with Crippen LogP contribution in [0.2, 0.25) is 0 Å². The maximum Gasteiger partial charge on any atom is 0.168 e. The third-order valence-electron chi connectivity index (χ3n) is 2.13. The summed E-state index contributed by atoms with van der Waals surface area (Å²) in [5.74, 6) is -0.781. The summed E-state index contributed by atoms with van der Waals surface area (Å²) in [6.45, 7) is 3.45. The summed E-state index contributed by atoms with van der Waals surface area (Å²) in [5.41, 5.74) is 0.749. The Morgan fingerprint density at radius 2 is 1.81 bits per heavy atom. The molecule has 0 aliphatic carbocycles. The predicted octanol–water partition coefficient (Wildman–Crippen LogP) is 2.63. The molecule has 0 fully saturated rings. The van der Waals surface area contributed by atoms with Crippen LogP contribution in [0.25, 0.3) is 6.08 Å².